The summed E-state index contributed by atoms with van der Waals surface area (Å²) in [4.78, 5) is 0. The Morgan fingerprint density at radius 2 is 0.500 bits per heavy atom. The Kier molecular flexibility index (Phi) is 17.3. The van der Waals surface area contributed by atoms with Crippen molar-refractivity contribution in [1.29, 1.82) is 0 Å². The van der Waals surface area contributed by atoms with Gasteiger partial charge in [0.15, 0.2) is 0 Å². The quantitative estimate of drug-likeness (QED) is 0.390. The van der Waals surface area contributed by atoms with Crippen LogP contribution in [0, 0.1) is 29.6 Å². The molecule has 0 nitrogen and oxygen atoms in total. The Hall–Kier alpha value is 1.58. The molecule has 0 atom stereocenters. The minimum Gasteiger partial charge on any atom is -1.00 e. The third kappa shape index (κ3) is 4.62. The average Bonchev–Trinajstić information content (AvgIpc) is 2.07. The van der Waals surface area contributed by atoms with Crippen molar-refractivity contribution in [3.63, 3.8) is 0 Å². The largest absolute Gasteiger partial charge is 1.00 e. The number of halogens is 3. The summed E-state index contributed by atoms with van der Waals surface area (Å²) in [7, 11) is 0. The Morgan fingerprint density at radius 1 is 0.429 bits per heavy atom. The second-order valence-corrected chi connectivity index (χ2v) is 3.12. The van der Waals surface area contributed by atoms with Gasteiger partial charge in [0.1, 0.15) is 0 Å². The molecule has 5 radical (unpaired) electrons. The molecular weight excluding hydrogens is 274 g/mol. The van der Waals surface area contributed by atoms with E-state index in [1.54, 1.807) is 0 Å². The van der Waals surface area contributed by atoms with Crippen molar-refractivity contribution in [2.45, 2.75) is 34.6 Å². The van der Waals surface area contributed by atoms with Gasteiger partial charge in [-0.2, -0.15) is 0 Å². The minimum atomic E-state index is 0. The molecule has 0 unspecified atom stereocenters. The van der Waals surface area contributed by atoms with Crippen LogP contribution >= 0.6 is 0 Å². The fourth-order valence-corrected chi connectivity index (χ4v) is 1.41. The zero-order valence-electron chi connectivity index (χ0n) is 9.13. The van der Waals surface area contributed by atoms with E-state index in [2.05, 4.69) is 34.6 Å². The molecule has 0 heterocycles. The average molecular weight is 289 g/mol. The maximum absolute atomic E-state index is 2.20. The van der Waals surface area contributed by atoms with Crippen LogP contribution in [-0.4, -0.2) is 0 Å². The van der Waals surface area contributed by atoms with Gasteiger partial charge in [-0.1, -0.05) is 34.6 Å². The maximum Gasteiger partial charge on any atom is 0 e. The van der Waals surface area contributed by atoms with Crippen LogP contribution in [-0.2, 0) is 21.7 Å². The molecule has 14 heavy (non-hydrogen) atoms. The Balaban J connectivity index is -0.000000125. The van der Waals surface area contributed by atoms with Gasteiger partial charge in [0, 0.05) is 21.7 Å². The summed E-state index contributed by atoms with van der Waals surface area (Å²) in [5, 5.41) is 0. The second-order valence-electron chi connectivity index (χ2n) is 3.12. The van der Waals surface area contributed by atoms with Crippen LogP contribution in [0.3, 0.4) is 0 Å². The van der Waals surface area contributed by atoms with Crippen LogP contribution in [0.5, 0.6) is 0 Å². The first-order valence-corrected chi connectivity index (χ1v) is 3.75. The van der Waals surface area contributed by atoms with Crippen LogP contribution in [0.2, 0.25) is 0 Å². The topological polar surface area (TPSA) is 0 Å². The summed E-state index contributed by atoms with van der Waals surface area (Å²) in [6.45, 7) is 11.0. The van der Waals surface area contributed by atoms with E-state index in [1.807, 2.05) is 0 Å². The molecule has 0 aromatic heterocycles. The first-order chi connectivity index (χ1) is 4.55. The summed E-state index contributed by atoms with van der Waals surface area (Å²) < 4.78 is 0. The Morgan fingerprint density at radius 3 is 0.571 bits per heavy atom. The van der Waals surface area contributed by atoms with E-state index in [0.29, 0.717) is 0 Å². The second kappa shape index (κ2) is 9.79. The van der Waals surface area contributed by atoms with E-state index in [0.717, 1.165) is 0 Å². The predicted octanol–water partition coefficient (Wildman–Crippen LogP) is -6.02. The zero-order valence-corrected chi connectivity index (χ0v) is 13.0. The summed E-state index contributed by atoms with van der Waals surface area (Å²) >= 11 is 0. The van der Waals surface area contributed by atoms with Crippen LogP contribution < -0.4 is 37.2 Å². The van der Waals surface area contributed by atoms with Crippen LogP contribution in [0.4, 0.5) is 0 Å². The monoisotopic (exact) mass is 288 g/mol. The van der Waals surface area contributed by atoms with Gasteiger partial charge in [0.2, 0.25) is 0 Å². The number of hydrogen-bond acceptors (Lipinski definition) is 0. The van der Waals surface area contributed by atoms with E-state index >= 15 is 0 Å². The molecule has 0 aromatic rings. The smallest absolute Gasteiger partial charge is 0 e. The molecular formula is C10H15Cl3Ti-3. The first kappa shape index (κ1) is 24.7. The van der Waals surface area contributed by atoms with E-state index in [9.17, 15) is 0 Å². The molecule has 1 saturated carbocycles. The molecule has 0 saturated heterocycles. The van der Waals surface area contributed by atoms with Gasteiger partial charge >= 0.3 is 0 Å². The fraction of sp³-hybridized carbons (Fsp3) is 0.500. The van der Waals surface area contributed by atoms with Crippen molar-refractivity contribution in [3.8, 4) is 0 Å². The van der Waals surface area contributed by atoms with Crippen molar-refractivity contribution in [1.82, 2.24) is 0 Å². The van der Waals surface area contributed by atoms with E-state index < -0.39 is 0 Å². The van der Waals surface area contributed by atoms with Gasteiger partial charge in [-0.05, 0) is 29.6 Å². The summed E-state index contributed by atoms with van der Waals surface area (Å²) in [6.07, 6.45) is 0. The van der Waals surface area contributed by atoms with Crippen molar-refractivity contribution >= 4 is 0 Å². The summed E-state index contributed by atoms with van der Waals surface area (Å²) in [5.74, 6) is 7.34. The Bertz CT molecular complexity index is 87.7. The van der Waals surface area contributed by atoms with Gasteiger partial charge in [0.25, 0.3) is 0 Å². The van der Waals surface area contributed by atoms with E-state index in [-0.39, 0.29) is 58.9 Å². The van der Waals surface area contributed by atoms with Crippen molar-refractivity contribution in [2.24, 2.45) is 0 Å². The van der Waals surface area contributed by atoms with Crippen LogP contribution in [0.1, 0.15) is 34.6 Å². The molecule has 0 amide bonds. The van der Waals surface area contributed by atoms with E-state index in [4.69, 9.17) is 0 Å². The van der Waals surface area contributed by atoms with Gasteiger partial charge in [-0.25, -0.2) is 0 Å². The third-order valence-electron chi connectivity index (χ3n) is 2.81. The van der Waals surface area contributed by atoms with Crippen molar-refractivity contribution in [2.75, 3.05) is 0 Å². The molecule has 1 aliphatic carbocycles. The Labute approximate surface area is 122 Å². The van der Waals surface area contributed by atoms with Crippen molar-refractivity contribution < 1.29 is 58.9 Å². The number of rotatable bonds is 0. The van der Waals surface area contributed by atoms with Gasteiger partial charge < -0.3 is 37.2 Å². The summed E-state index contributed by atoms with van der Waals surface area (Å²) in [5.41, 5.74) is 0. The van der Waals surface area contributed by atoms with Crippen LogP contribution in [0.25, 0.3) is 0 Å². The van der Waals surface area contributed by atoms with E-state index in [1.165, 1.54) is 29.6 Å². The normalized spacial score (nSPS) is 20.4. The predicted molar refractivity (Wildman–Crippen MR) is 44.6 cm³/mol. The summed E-state index contributed by atoms with van der Waals surface area (Å²) in [6, 6.07) is 0. The van der Waals surface area contributed by atoms with Gasteiger partial charge in [-0.15, -0.1) is 0 Å². The zero-order chi connectivity index (χ0) is 7.89. The third-order valence-corrected chi connectivity index (χ3v) is 2.81. The fourth-order valence-electron chi connectivity index (χ4n) is 1.41. The standard InChI is InChI=1S/C10H15.3ClH.Ti/c1-6-7(2)9(4)10(5)8(6)3;;;;/h1-5H3;3*1H;/p-3. The van der Waals surface area contributed by atoms with Crippen LogP contribution in [0.15, 0.2) is 0 Å². The molecule has 1 rings (SSSR count). The maximum atomic E-state index is 2.20. The molecule has 0 bridgehead atoms. The molecule has 1 fully saturated rings. The SMILES string of the molecule is C[C]1[C](C)[C](C)[C](C)[C]1C.[Cl-].[Cl-].[Cl-].[Ti]. The molecule has 0 aromatic carbocycles. The van der Waals surface area contributed by atoms with Gasteiger partial charge in [0.05, 0.1) is 0 Å². The minimum absolute atomic E-state index is 0. The first-order valence-electron chi connectivity index (χ1n) is 3.75. The van der Waals surface area contributed by atoms with Crippen molar-refractivity contribution in [3.05, 3.63) is 29.6 Å². The molecule has 83 valence electrons. The molecule has 4 heteroatoms. The van der Waals surface area contributed by atoms with Gasteiger partial charge in [-0.3, -0.25) is 0 Å². The molecule has 0 aliphatic heterocycles. The molecule has 1 aliphatic rings. The number of hydrogen-bond donors (Lipinski definition) is 0. The molecule has 0 N–H and O–H groups in total. The molecule has 0 spiro atoms.